The number of benzene rings is 1. The highest BCUT2D eigenvalue weighted by molar-refractivity contribution is 7.90. The minimum absolute atomic E-state index is 0.0555. The van der Waals surface area contributed by atoms with E-state index in [0.29, 0.717) is 13.0 Å². The van der Waals surface area contributed by atoms with Crippen LogP contribution in [0.5, 0.6) is 0 Å². The molecule has 1 atom stereocenters. The third-order valence-electron chi connectivity index (χ3n) is 3.36. The summed E-state index contributed by atoms with van der Waals surface area (Å²) in [5.74, 6) is 0.917. The van der Waals surface area contributed by atoms with Crippen LogP contribution in [0.1, 0.15) is 26.7 Å². The van der Waals surface area contributed by atoms with E-state index in [9.17, 15) is 8.42 Å². The Morgan fingerprint density at radius 3 is 2.58 bits per heavy atom. The lowest BCUT2D eigenvalue weighted by Gasteiger charge is -2.17. The van der Waals surface area contributed by atoms with Crippen molar-refractivity contribution in [3.05, 3.63) is 30.3 Å². The van der Waals surface area contributed by atoms with E-state index in [1.165, 1.54) is 6.26 Å². The first kappa shape index (κ1) is 20.3. The zero-order chi connectivity index (χ0) is 17.8. The standard InChI is InChI=1S/C17H30N4O2S/c1-4-18-17(21-15(2)11-14-24(3,22)23)20-13-8-12-19-16-9-6-5-7-10-16/h5-7,9-10,15,19H,4,8,11-14H2,1-3H3,(H2,18,20,21). The van der Waals surface area contributed by atoms with Crippen LogP contribution < -0.4 is 16.0 Å². The van der Waals surface area contributed by atoms with E-state index in [1.807, 2.05) is 44.2 Å². The fourth-order valence-corrected chi connectivity index (χ4v) is 2.86. The molecule has 7 heteroatoms. The Morgan fingerprint density at radius 1 is 1.25 bits per heavy atom. The molecular formula is C17H30N4O2S. The van der Waals surface area contributed by atoms with Gasteiger partial charge in [-0.2, -0.15) is 0 Å². The monoisotopic (exact) mass is 354 g/mol. The van der Waals surface area contributed by atoms with Gasteiger partial charge in [0.25, 0.3) is 0 Å². The lowest BCUT2D eigenvalue weighted by Crippen LogP contribution is -2.43. The van der Waals surface area contributed by atoms with Crippen LogP contribution in [0.2, 0.25) is 0 Å². The highest BCUT2D eigenvalue weighted by Crippen LogP contribution is 2.04. The Hall–Kier alpha value is -1.76. The summed E-state index contributed by atoms with van der Waals surface area (Å²) < 4.78 is 22.5. The number of nitrogens with zero attached hydrogens (tertiary/aromatic N) is 1. The van der Waals surface area contributed by atoms with Gasteiger partial charge in [0.15, 0.2) is 5.96 Å². The van der Waals surface area contributed by atoms with Crippen LogP contribution in [-0.2, 0) is 9.84 Å². The van der Waals surface area contributed by atoms with Gasteiger partial charge < -0.3 is 16.0 Å². The Bertz CT molecular complexity index is 588. The van der Waals surface area contributed by atoms with Gasteiger partial charge >= 0.3 is 0 Å². The first-order valence-electron chi connectivity index (χ1n) is 8.42. The second kappa shape index (κ2) is 10.9. The van der Waals surface area contributed by atoms with Crippen molar-refractivity contribution in [3.8, 4) is 0 Å². The summed E-state index contributed by atoms with van der Waals surface area (Å²) in [7, 11) is -2.93. The van der Waals surface area contributed by atoms with Crippen LogP contribution >= 0.6 is 0 Å². The van der Waals surface area contributed by atoms with Crippen molar-refractivity contribution in [1.29, 1.82) is 0 Å². The van der Waals surface area contributed by atoms with Gasteiger partial charge in [0, 0.05) is 37.6 Å². The molecule has 0 amide bonds. The number of rotatable bonds is 10. The molecule has 0 spiro atoms. The summed E-state index contributed by atoms with van der Waals surface area (Å²) in [5, 5.41) is 9.79. The third kappa shape index (κ3) is 10.1. The summed E-state index contributed by atoms with van der Waals surface area (Å²) in [5.41, 5.74) is 1.11. The molecule has 0 aliphatic carbocycles. The van der Waals surface area contributed by atoms with Crippen LogP contribution in [0.15, 0.2) is 35.3 Å². The second-order valence-corrected chi connectivity index (χ2v) is 8.13. The van der Waals surface area contributed by atoms with Gasteiger partial charge in [0.1, 0.15) is 9.84 Å². The Kier molecular flexibility index (Phi) is 9.22. The molecule has 1 rings (SSSR count). The molecule has 0 saturated heterocycles. The fraction of sp³-hybridized carbons (Fsp3) is 0.588. The molecule has 24 heavy (non-hydrogen) atoms. The number of sulfone groups is 1. The number of guanidine groups is 1. The maximum absolute atomic E-state index is 11.2. The average Bonchev–Trinajstić information content (AvgIpc) is 2.53. The Balaban J connectivity index is 2.33. The van der Waals surface area contributed by atoms with E-state index in [1.54, 1.807) is 0 Å². The molecule has 0 bridgehead atoms. The van der Waals surface area contributed by atoms with Crippen LogP contribution in [0.3, 0.4) is 0 Å². The molecule has 0 aliphatic heterocycles. The van der Waals surface area contributed by atoms with Gasteiger partial charge in [-0.05, 0) is 38.8 Å². The van der Waals surface area contributed by atoms with E-state index in [2.05, 4.69) is 20.9 Å². The molecule has 1 aromatic rings. The molecule has 1 unspecified atom stereocenters. The summed E-state index contributed by atoms with van der Waals surface area (Å²) in [6.07, 6.45) is 2.75. The number of para-hydroxylation sites is 1. The van der Waals surface area contributed by atoms with Crippen molar-refractivity contribution >= 4 is 21.5 Å². The first-order chi connectivity index (χ1) is 11.4. The molecule has 136 valence electrons. The minimum Gasteiger partial charge on any atom is -0.385 e. The predicted molar refractivity (Wildman–Crippen MR) is 102 cm³/mol. The van der Waals surface area contributed by atoms with Crippen molar-refractivity contribution in [1.82, 2.24) is 10.6 Å². The summed E-state index contributed by atoms with van der Waals surface area (Å²) in [6, 6.07) is 10.1. The lowest BCUT2D eigenvalue weighted by atomic mass is 10.3. The zero-order valence-electron chi connectivity index (χ0n) is 14.9. The molecule has 0 heterocycles. The summed E-state index contributed by atoms with van der Waals surface area (Å²) >= 11 is 0. The van der Waals surface area contributed by atoms with Crippen LogP contribution in [0, 0.1) is 0 Å². The SMILES string of the molecule is CCNC(=NCCCNc1ccccc1)NC(C)CCS(C)(=O)=O. The molecule has 1 aromatic carbocycles. The molecule has 0 saturated carbocycles. The van der Waals surface area contributed by atoms with Crippen molar-refractivity contribution in [2.24, 2.45) is 4.99 Å². The predicted octanol–water partition coefficient (Wildman–Crippen LogP) is 1.87. The van der Waals surface area contributed by atoms with Gasteiger partial charge in [-0.25, -0.2) is 8.42 Å². The van der Waals surface area contributed by atoms with Gasteiger partial charge in [-0.3, -0.25) is 4.99 Å². The molecule has 0 fully saturated rings. The first-order valence-corrected chi connectivity index (χ1v) is 10.5. The number of anilines is 1. The van der Waals surface area contributed by atoms with E-state index >= 15 is 0 Å². The van der Waals surface area contributed by atoms with Crippen molar-refractivity contribution < 1.29 is 8.42 Å². The smallest absolute Gasteiger partial charge is 0.191 e. The van der Waals surface area contributed by atoms with Crippen LogP contribution in [0.25, 0.3) is 0 Å². The largest absolute Gasteiger partial charge is 0.385 e. The Morgan fingerprint density at radius 2 is 1.96 bits per heavy atom. The fourth-order valence-electron chi connectivity index (χ4n) is 2.08. The minimum atomic E-state index is -2.93. The van der Waals surface area contributed by atoms with Crippen LogP contribution in [0.4, 0.5) is 5.69 Å². The van der Waals surface area contributed by atoms with E-state index < -0.39 is 9.84 Å². The molecule has 6 nitrogen and oxygen atoms in total. The third-order valence-corrected chi connectivity index (χ3v) is 4.33. The molecule has 3 N–H and O–H groups in total. The van der Waals surface area contributed by atoms with Crippen LogP contribution in [-0.4, -0.2) is 52.1 Å². The van der Waals surface area contributed by atoms with Gasteiger partial charge in [-0.15, -0.1) is 0 Å². The molecular weight excluding hydrogens is 324 g/mol. The van der Waals surface area contributed by atoms with E-state index in [0.717, 1.165) is 31.2 Å². The van der Waals surface area contributed by atoms with Crippen molar-refractivity contribution in [2.45, 2.75) is 32.7 Å². The highest BCUT2D eigenvalue weighted by Gasteiger charge is 2.09. The molecule has 0 radical (unpaired) electrons. The Labute approximate surface area is 146 Å². The summed E-state index contributed by atoms with van der Waals surface area (Å²) in [4.78, 5) is 4.53. The normalized spacial score (nSPS) is 13.4. The number of hydrogen-bond donors (Lipinski definition) is 3. The number of aliphatic imine (C=N–C) groups is 1. The van der Waals surface area contributed by atoms with Crippen molar-refractivity contribution in [2.75, 3.05) is 37.0 Å². The maximum atomic E-state index is 11.2. The van der Waals surface area contributed by atoms with Gasteiger partial charge in [-0.1, -0.05) is 18.2 Å². The van der Waals surface area contributed by atoms with Gasteiger partial charge in [0.05, 0.1) is 5.75 Å². The zero-order valence-corrected chi connectivity index (χ0v) is 15.7. The van der Waals surface area contributed by atoms with E-state index in [-0.39, 0.29) is 11.8 Å². The molecule has 0 aromatic heterocycles. The number of nitrogens with one attached hydrogen (secondary N) is 3. The maximum Gasteiger partial charge on any atom is 0.191 e. The summed E-state index contributed by atoms with van der Waals surface area (Å²) in [6.45, 7) is 6.31. The topological polar surface area (TPSA) is 82.6 Å². The van der Waals surface area contributed by atoms with Gasteiger partial charge in [0.2, 0.25) is 0 Å². The lowest BCUT2D eigenvalue weighted by molar-refractivity contribution is 0.581. The highest BCUT2D eigenvalue weighted by atomic mass is 32.2. The second-order valence-electron chi connectivity index (χ2n) is 5.87. The average molecular weight is 355 g/mol. The van der Waals surface area contributed by atoms with E-state index in [4.69, 9.17) is 0 Å². The number of hydrogen-bond acceptors (Lipinski definition) is 4. The van der Waals surface area contributed by atoms with Crippen molar-refractivity contribution in [3.63, 3.8) is 0 Å². The quantitative estimate of drug-likeness (QED) is 0.339. The molecule has 0 aliphatic rings.